The highest BCUT2D eigenvalue weighted by molar-refractivity contribution is 9.11. The molecule has 2 aromatic rings. The van der Waals surface area contributed by atoms with Crippen LogP contribution in [0.15, 0.2) is 39.5 Å². The summed E-state index contributed by atoms with van der Waals surface area (Å²) in [6.07, 6.45) is -4.30. The van der Waals surface area contributed by atoms with Crippen molar-refractivity contribution in [2.45, 2.75) is 25.7 Å². The maximum absolute atomic E-state index is 12.7. The van der Waals surface area contributed by atoms with Crippen LogP contribution in [0.1, 0.15) is 29.7 Å². The molecule has 0 fully saturated rings. The molecule has 1 heterocycles. The van der Waals surface area contributed by atoms with Gasteiger partial charge in [0.15, 0.2) is 0 Å². The van der Waals surface area contributed by atoms with Crippen molar-refractivity contribution in [3.05, 3.63) is 56.2 Å². The zero-order valence-electron chi connectivity index (χ0n) is 10.7. The summed E-state index contributed by atoms with van der Waals surface area (Å²) in [6.45, 7) is 2.48. The molecule has 0 spiro atoms. The minimum Gasteiger partial charge on any atom is -0.306 e. The van der Waals surface area contributed by atoms with Crippen molar-refractivity contribution >= 4 is 27.3 Å². The Morgan fingerprint density at radius 1 is 1.30 bits per heavy atom. The Hall–Kier alpha value is -0.850. The number of benzene rings is 1. The van der Waals surface area contributed by atoms with Crippen LogP contribution in [0.25, 0.3) is 0 Å². The maximum Gasteiger partial charge on any atom is 0.416 e. The highest BCUT2D eigenvalue weighted by Crippen LogP contribution is 2.30. The third-order valence-corrected chi connectivity index (χ3v) is 4.50. The molecule has 0 bridgehead atoms. The van der Waals surface area contributed by atoms with Gasteiger partial charge in [0, 0.05) is 12.6 Å². The normalized spacial score (nSPS) is 13.4. The fourth-order valence-corrected chi connectivity index (χ4v) is 3.02. The van der Waals surface area contributed by atoms with Crippen LogP contribution < -0.4 is 5.32 Å². The molecule has 1 unspecified atom stereocenters. The van der Waals surface area contributed by atoms with Gasteiger partial charge in [-0.05, 0) is 57.6 Å². The molecule has 2 rings (SSSR count). The maximum atomic E-state index is 12.7. The molecule has 0 aliphatic carbocycles. The van der Waals surface area contributed by atoms with E-state index in [0.29, 0.717) is 12.1 Å². The van der Waals surface area contributed by atoms with Gasteiger partial charge in [-0.2, -0.15) is 13.2 Å². The van der Waals surface area contributed by atoms with Crippen LogP contribution in [0.4, 0.5) is 13.2 Å². The molecule has 1 atom stereocenters. The Kier molecular flexibility index (Phi) is 4.88. The number of rotatable bonds is 4. The molecule has 1 aromatic carbocycles. The fourth-order valence-electron chi connectivity index (χ4n) is 1.81. The van der Waals surface area contributed by atoms with E-state index in [9.17, 15) is 13.2 Å². The average molecular weight is 364 g/mol. The monoisotopic (exact) mass is 363 g/mol. The Morgan fingerprint density at radius 2 is 2.05 bits per heavy atom. The summed E-state index contributed by atoms with van der Waals surface area (Å²) in [7, 11) is 0. The van der Waals surface area contributed by atoms with E-state index in [1.807, 2.05) is 18.4 Å². The molecular formula is C14H13BrF3NS. The number of nitrogens with one attached hydrogen (secondary N) is 1. The van der Waals surface area contributed by atoms with Crippen molar-refractivity contribution in [2.75, 3.05) is 0 Å². The van der Waals surface area contributed by atoms with Crippen LogP contribution in [0.5, 0.6) is 0 Å². The second-order valence-electron chi connectivity index (χ2n) is 4.48. The van der Waals surface area contributed by atoms with Crippen LogP contribution in [0.3, 0.4) is 0 Å². The smallest absolute Gasteiger partial charge is 0.306 e. The Bertz CT molecular complexity index is 580. The van der Waals surface area contributed by atoms with Crippen molar-refractivity contribution in [1.82, 2.24) is 5.32 Å². The lowest BCUT2D eigenvalue weighted by atomic mass is 10.0. The lowest BCUT2D eigenvalue weighted by Crippen LogP contribution is -2.18. The number of halogens is 4. The molecule has 1 nitrogen and oxygen atoms in total. The highest BCUT2D eigenvalue weighted by Gasteiger charge is 2.30. The molecule has 6 heteroatoms. The van der Waals surface area contributed by atoms with E-state index in [2.05, 4.69) is 21.2 Å². The predicted molar refractivity (Wildman–Crippen MR) is 78.7 cm³/mol. The lowest BCUT2D eigenvalue weighted by Gasteiger charge is -2.15. The standard InChI is InChI=1S/C14H13BrF3NS/c1-9(19-7-10-5-13(15)20-8-10)11-3-2-4-12(6-11)14(16,17)18/h2-6,8-9,19H,7H2,1H3. The molecule has 0 amide bonds. The zero-order chi connectivity index (χ0) is 14.8. The van der Waals surface area contributed by atoms with Crippen molar-refractivity contribution in [2.24, 2.45) is 0 Å². The van der Waals surface area contributed by atoms with Crippen LogP contribution in [0, 0.1) is 0 Å². The number of alkyl halides is 3. The van der Waals surface area contributed by atoms with E-state index in [-0.39, 0.29) is 6.04 Å². The molecule has 0 aliphatic rings. The minimum atomic E-state index is -4.30. The molecule has 1 N–H and O–H groups in total. The van der Waals surface area contributed by atoms with Crippen LogP contribution in [-0.2, 0) is 12.7 Å². The summed E-state index contributed by atoms with van der Waals surface area (Å²) in [5.41, 5.74) is 1.14. The summed E-state index contributed by atoms with van der Waals surface area (Å²) in [6, 6.07) is 7.29. The lowest BCUT2D eigenvalue weighted by molar-refractivity contribution is -0.137. The van der Waals surface area contributed by atoms with Gasteiger partial charge in [-0.25, -0.2) is 0 Å². The molecule has 108 valence electrons. The fraction of sp³-hybridized carbons (Fsp3) is 0.286. The molecule has 0 aliphatic heterocycles. The van der Waals surface area contributed by atoms with Gasteiger partial charge in [0.25, 0.3) is 0 Å². The molecule has 0 saturated carbocycles. The van der Waals surface area contributed by atoms with E-state index in [1.54, 1.807) is 17.4 Å². The molecule has 0 radical (unpaired) electrons. The first-order valence-corrected chi connectivity index (χ1v) is 7.67. The third kappa shape index (κ3) is 4.07. The van der Waals surface area contributed by atoms with Crippen molar-refractivity contribution in [1.29, 1.82) is 0 Å². The van der Waals surface area contributed by atoms with Crippen LogP contribution in [0.2, 0.25) is 0 Å². The summed E-state index contributed by atoms with van der Waals surface area (Å²) in [4.78, 5) is 0. The topological polar surface area (TPSA) is 12.0 Å². The quantitative estimate of drug-likeness (QED) is 0.768. The largest absolute Gasteiger partial charge is 0.416 e. The van der Waals surface area contributed by atoms with Gasteiger partial charge in [0.1, 0.15) is 0 Å². The van der Waals surface area contributed by atoms with E-state index >= 15 is 0 Å². The van der Waals surface area contributed by atoms with Crippen LogP contribution in [-0.4, -0.2) is 0 Å². The second-order valence-corrected chi connectivity index (χ2v) is 6.78. The van der Waals surface area contributed by atoms with E-state index < -0.39 is 11.7 Å². The van der Waals surface area contributed by atoms with E-state index in [1.165, 1.54) is 12.1 Å². The van der Waals surface area contributed by atoms with Gasteiger partial charge >= 0.3 is 6.18 Å². The molecule has 0 saturated heterocycles. The summed E-state index contributed by atoms with van der Waals surface area (Å²) in [5, 5.41) is 5.24. The van der Waals surface area contributed by atoms with Gasteiger partial charge in [0.05, 0.1) is 9.35 Å². The van der Waals surface area contributed by atoms with Gasteiger partial charge in [0.2, 0.25) is 0 Å². The number of hydrogen-bond donors (Lipinski definition) is 1. The van der Waals surface area contributed by atoms with Gasteiger partial charge in [-0.15, -0.1) is 11.3 Å². The first kappa shape index (κ1) is 15.5. The van der Waals surface area contributed by atoms with Gasteiger partial charge in [-0.3, -0.25) is 0 Å². The third-order valence-electron chi connectivity index (χ3n) is 2.95. The van der Waals surface area contributed by atoms with Crippen LogP contribution >= 0.6 is 27.3 Å². The van der Waals surface area contributed by atoms with Gasteiger partial charge < -0.3 is 5.32 Å². The summed E-state index contributed by atoms with van der Waals surface area (Å²) in [5.74, 6) is 0. The Morgan fingerprint density at radius 3 is 2.65 bits per heavy atom. The molecule has 20 heavy (non-hydrogen) atoms. The summed E-state index contributed by atoms with van der Waals surface area (Å²) < 4.78 is 39.0. The zero-order valence-corrected chi connectivity index (χ0v) is 13.1. The van der Waals surface area contributed by atoms with Gasteiger partial charge in [-0.1, -0.05) is 12.1 Å². The second kappa shape index (κ2) is 6.28. The number of hydrogen-bond acceptors (Lipinski definition) is 2. The summed E-state index contributed by atoms with van der Waals surface area (Å²) >= 11 is 4.97. The van der Waals surface area contributed by atoms with Crippen molar-refractivity contribution in [3.63, 3.8) is 0 Å². The first-order chi connectivity index (χ1) is 9.36. The Balaban J connectivity index is 2.03. The minimum absolute atomic E-state index is 0.143. The Labute approximate surface area is 128 Å². The first-order valence-electron chi connectivity index (χ1n) is 5.99. The van der Waals surface area contributed by atoms with E-state index in [0.717, 1.165) is 15.4 Å². The van der Waals surface area contributed by atoms with Crippen molar-refractivity contribution < 1.29 is 13.2 Å². The van der Waals surface area contributed by atoms with E-state index in [4.69, 9.17) is 0 Å². The average Bonchev–Trinajstić information content (AvgIpc) is 2.81. The van der Waals surface area contributed by atoms with Crippen molar-refractivity contribution in [3.8, 4) is 0 Å². The molecular weight excluding hydrogens is 351 g/mol. The number of thiophene rings is 1. The SMILES string of the molecule is CC(NCc1csc(Br)c1)c1cccc(C(F)(F)F)c1. The highest BCUT2D eigenvalue weighted by atomic mass is 79.9. The predicted octanol–water partition coefficient (Wildman–Crippen LogP) is 5.38. The molecule has 1 aromatic heterocycles.